The molecule has 6 heteroatoms. The molecule has 2 aromatic rings. The molecule has 0 atom stereocenters. The number of ether oxygens (including phenoxy) is 1. The van der Waals surface area contributed by atoms with Gasteiger partial charge in [-0.05, 0) is 5.16 Å². The van der Waals surface area contributed by atoms with Gasteiger partial charge in [-0.25, -0.2) is 0 Å². The highest BCUT2D eigenvalue weighted by molar-refractivity contribution is 5.57. The molecule has 0 aliphatic heterocycles. The van der Waals surface area contributed by atoms with Gasteiger partial charge in [0.1, 0.15) is 11.5 Å². The molecule has 14 heavy (non-hydrogen) atoms. The van der Waals surface area contributed by atoms with Gasteiger partial charge in [0.25, 0.3) is 5.88 Å². The number of nitrogens with two attached hydrogens (primary N) is 1. The summed E-state index contributed by atoms with van der Waals surface area (Å²) in [5.74, 6) is 1.52. The van der Waals surface area contributed by atoms with Crippen LogP contribution in [0.4, 0.5) is 5.82 Å². The zero-order chi connectivity index (χ0) is 10.1. The molecule has 0 fully saturated rings. The van der Waals surface area contributed by atoms with E-state index in [1.165, 1.54) is 7.11 Å². The zero-order valence-electron chi connectivity index (χ0n) is 7.89. The fraction of sp³-hybridized carbons (Fsp3) is 0.250. The second-order valence-electron chi connectivity index (χ2n) is 2.81. The second-order valence-corrected chi connectivity index (χ2v) is 2.81. The highest BCUT2D eigenvalue weighted by atomic mass is 16.5. The Kier molecular flexibility index (Phi) is 1.88. The smallest absolute Gasteiger partial charge is 0.254 e. The molecule has 0 radical (unpaired) electrons. The average molecular weight is 194 g/mol. The van der Waals surface area contributed by atoms with Crippen molar-refractivity contribution in [3.63, 3.8) is 0 Å². The highest BCUT2D eigenvalue weighted by Gasteiger charge is 2.10. The van der Waals surface area contributed by atoms with Gasteiger partial charge >= 0.3 is 0 Å². The van der Waals surface area contributed by atoms with Gasteiger partial charge in [-0.2, -0.15) is 5.10 Å². The maximum absolute atomic E-state index is 5.62. The Morgan fingerprint density at radius 3 is 2.79 bits per heavy atom. The quantitative estimate of drug-likeness (QED) is 0.759. The number of nitrogen functional groups attached to an aromatic ring is 1. The van der Waals surface area contributed by atoms with Crippen LogP contribution < -0.4 is 10.5 Å². The Bertz CT molecular complexity index is 426. The molecule has 0 bridgehead atoms. The van der Waals surface area contributed by atoms with E-state index < -0.39 is 0 Å². The first-order chi connectivity index (χ1) is 6.70. The molecule has 2 heterocycles. The van der Waals surface area contributed by atoms with Crippen molar-refractivity contribution in [1.82, 2.24) is 14.9 Å². The minimum Gasteiger partial charge on any atom is -0.479 e. The molecular weight excluding hydrogens is 184 g/mol. The van der Waals surface area contributed by atoms with Crippen molar-refractivity contribution < 1.29 is 9.26 Å². The number of aryl methyl sites for hydroxylation is 1. The average Bonchev–Trinajstić information content (AvgIpc) is 2.74. The Labute approximate surface area is 80.2 Å². The van der Waals surface area contributed by atoms with Crippen LogP contribution in [0.1, 0.15) is 0 Å². The molecule has 0 saturated carbocycles. The van der Waals surface area contributed by atoms with Crippen molar-refractivity contribution in [3.8, 4) is 17.3 Å². The van der Waals surface area contributed by atoms with Gasteiger partial charge in [0.05, 0.1) is 13.2 Å². The van der Waals surface area contributed by atoms with Crippen LogP contribution in [0.5, 0.6) is 5.88 Å². The van der Waals surface area contributed by atoms with E-state index in [0.29, 0.717) is 23.2 Å². The van der Waals surface area contributed by atoms with Crippen molar-refractivity contribution in [1.29, 1.82) is 0 Å². The van der Waals surface area contributed by atoms with Gasteiger partial charge in [0.2, 0.25) is 0 Å². The van der Waals surface area contributed by atoms with Gasteiger partial charge in [0.15, 0.2) is 5.76 Å². The van der Waals surface area contributed by atoms with Crippen LogP contribution in [0.2, 0.25) is 0 Å². The number of hydrogen-bond donors (Lipinski definition) is 1. The van der Waals surface area contributed by atoms with Crippen molar-refractivity contribution in [2.45, 2.75) is 0 Å². The summed E-state index contributed by atoms with van der Waals surface area (Å²) >= 11 is 0. The first-order valence-corrected chi connectivity index (χ1v) is 4.01. The predicted octanol–water partition coefficient (Wildman–Crippen LogP) is 0.666. The predicted molar refractivity (Wildman–Crippen MR) is 49.7 cm³/mol. The van der Waals surface area contributed by atoms with Gasteiger partial charge in [-0.3, -0.25) is 4.68 Å². The van der Waals surface area contributed by atoms with E-state index in [1.54, 1.807) is 23.9 Å². The minimum absolute atomic E-state index is 0.421. The molecule has 0 aliphatic rings. The molecule has 0 spiro atoms. The topological polar surface area (TPSA) is 79.1 Å². The maximum atomic E-state index is 5.62. The van der Waals surface area contributed by atoms with E-state index in [9.17, 15) is 0 Å². The molecular formula is C8H10N4O2. The summed E-state index contributed by atoms with van der Waals surface area (Å²) < 4.78 is 11.4. The number of methoxy groups -OCH3 is 1. The molecule has 2 N–H and O–H groups in total. The van der Waals surface area contributed by atoms with Crippen LogP contribution in [-0.2, 0) is 7.05 Å². The van der Waals surface area contributed by atoms with Crippen molar-refractivity contribution in [2.75, 3.05) is 12.8 Å². The molecule has 0 amide bonds. The monoisotopic (exact) mass is 194 g/mol. The van der Waals surface area contributed by atoms with Crippen LogP contribution in [0.3, 0.4) is 0 Å². The number of rotatable bonds is 2. The van der Waals surface area contributed by atoms with E-state index in [2.05, 4.69) is 10.3 Å². The Balaban J connectivity index is 2.39. The van der Waals surface area contributed by atoms with Gasteiger partial charge in [-0.1, -0.05) is 0 Å². The molecule has 2 aromatic heterocycles. The van der Waals surface area contributed by atoms with E-state index >= 15 is 0 Å². The number of hydrogen-bond acceptors (Lipinski definition) is 5. The molecule has 74 valence electrons. The Morgan fingerprint density at radius 1 is 1.50 bits per heavy atom. The molecule has 6 nitrogen and oxygen atoms in total. The lowest BCUT2D eigenvalue weighted by molar-refractivity contribution is 0.342. The summed E-state index contributed by atoms with van der Waals surface area (Å²) in [5.41, 5.74) is 6.26. The summed E-state index contributed by atoms with van der Waals surface area (Å²) in [6.45, 7) is 0. The number of anilines is 1. The molecule has 0 unspecified atom stereocenters. The number of nitrogens with zero attached hydrogens (tertiary/aromatic N) is 3. The first kappa shape index (κ1) is 8.61. The van der Waals surface area contributed by atoms with E-state index in [1.807, 2.05) is 0 Å². The Morgan fingerprint density at radius 2 is 2.29 bits per heavy atom. The third kappa shape index (κ3) is 1.30. The van der Waals surface area contributed by atoms with Gasteiger partial charge in [0, 0.05) is 13.1 Å². The fourth-order valence-electron chi connectivity index (χ4n) is 1.08. The summed E-state index contributed by atoms with van der Waals surface area (Å²) in [6.07, 6.45) is 0. The largest absolute Gasteiger partial charge is 0.479 e. The van der Waals surface area contributed by atoms with E-state index in [0.717, 1.165) is 0 Å². The standard InChI is InChI=1S/C8H10N4O2/c1-12-7(9)3-5(10-12)6-4-8(13-2)11-14-6/h3-4H,9H2,1-2H3. The summed E-state index contributed by atoms with van der Waals surface area (Å²) in [4.78, 5) is 0. The lowest BCUT2D eigenvalue weighted by Crippen LogP contribution is -1.96. The van der Waals surface area contributed by atoms with Crippen molar-refractivity contribution >= 4 is 5.82 Å². The third-order valence-electron chi connectivity index (χ3n) is 1.87. The van der Waals surface area contributed by atoms with Crippen LogP contribution in [0.15, 0.2) is 16.7 Å². The number of aromatic nitrogens is 3. The van der Waals surface area contributed by atoms with Crippen molar-refractivity contribution in [2.24, 2.45) is 7.05 Å². The van der Waals surface area contributed by atoms with Crippen LogP contribution in [0.25, 0.3) is 11.5 Å². The maximum Gasteiger partial charge on any atom is 0.254 e. The summed E-state index contributed by atoms with van der Waals surface area (Å²) in [6, 6.07) is 3.36. The third-order valence-corrected chi connectivity index (χ3v) is 1.87. The summed E-state index contributed by atoms with van der Waals surface area (Å²) in [5, 5.41) is 7.79. The van der Waals surface area contributed by atoms with Gasteiger partial charge in [-0.15, -0.1) is 0 Å². The highest BCUT2D eigenvalue weighted by Crippen LogP contribution is 2.23. The van der Waals surface area contributed by atoms with Gasteiger partial charge < -0.3 is 15.0 Å². The molecule has 0 saturated heterocycles. The Hall–Kier alpha value is -1.98. The lowest BCUT2D eigenvalue weighted by Gasteiger charge is -1.88. The summed E-state index contributed by atoms with van der Waals surface area (Å²) in [7, 11) is 3.28. The zero-order valence-corrected chi connectivity index (χ0v) is 7.89. The second kappa shape index (κ2) is 3.06. The first-order valence-electron chi connectivity index (χ1n) is 4.01. The molecule has 0 aliphatic carbocycles. The minimum atomic E-state index is 0.421. The van der Waals surface area contributed by atoms with Crippen LogP contribution in [0, 0.1) is 0 Å². The van der Waals surface area contributed by atoms with E-state index in [4.69, 9.17) is 15.0 Å². The van der Waals surface area contributed by atoms with Crippen molar-refractivity contribution in [3.05, 3.63) is 12.1 Å². The van der Waals surface area contributed by atoms with Crippen LogP contribution >= 0.6 is 0 Å². The van der Waals surface area contributed by atoms with Crippen LogP contribution in [-0.4, -0.2) is 22.0 Å². The molecule has 0 aromatic carbocycles. The normalized spacial score (nSPS) is 10.4. The van der Waals surface area contributed by atoms with E-state index in [-0.39, 0.29) is 0 Å². The lowest BCUT2D eigenvalue weighted by atomic mass is 10.3. The SMILES string of the molecule is COc1cc(-c2cc(N)n(C)n2)on1. The molecule has 2 rings (SSSR count). The fourth-order valence-corrected chi connectivity index (χ4v) is 1.08.